The van der Waals surface area contributed by atoms with Crippen molar-refractivity contribution in [2.45, 2.75) is 219 Å². The molecule has 0 aliphatic rings. The van der Waals surface area contributed by atoms with Crippen LogP contribution in [-0.4, -0.2) is 68.5 Å². The Morgan fingerprint density at radius 2 is 0.953 bits per heavy atom. The Kier molecular flexibility index (Phi) is 44.2. The van der Waals surface area contributed by atoms with E-state index in [4.69, 9.17) is 9.05 Å². The third-order valence-electron chi connectivity index (χ3n) is 11.1. The van der Waals surface area contributed by atoms with Gasteiger partial charge in [0, 0.05) is 6.42 Å². The summed E-state index contributed by atoms with van der Waals surface area (Å²) in [6.07, 6.45) is 63.5. The van der Waals surface area contributed by atoms with Crippen molar-refractivity contribution < 1.29 is 32.9 Å². The first-order valence-electron chi connectivity index (χ1n) is 25.9. The molecular weight excluding hydrogens is 816 g/mol. The van der Waals surface area contributed by atoms with Crippen LogP contribution in [0.25, 0.3) is 0 Å². The van der Waals surface area contributed by atoms with Crippen molar-refractivity contribution in [2.75, 3.05) is 40.9 Å². The quantitative estimate of drug-likeness (QED) is 0.0273. The van der Waals surface area contributed by atoms with E-state index >= 15 is 0 Å². The molecule has 0 radical (unpaired) electrons. The first-order chi connectivity index (χ1) is 31.0. The fourth-order valence-electron chi connectivity index (χ4n) is 7.04. The summed E-state index contributed by atoms with van der Waals surface area (Å²) in [6.45, 7) is 4.51. The molecule has 0 aromatic heterocycles. The van der Waals surface area contributed by atoms with Crippen LogP contribution in [0.1, 0.15) is 206 Å². The number of phosphoric acid groups is 1. The summed E-state index contributed by atoms with van der Waals surface area (Å²) in [5, 5.41) is 13.8. The maximum atomic E-state index is 12.9. The molecule has 9 heteroatoms. The number of likely N-dealkylation sites (N-methyl/N-ethyl adjacent to an activating group) is 1. The van der Waals surface area contributed by atoms with Crippen molar-refractivity contribution in [3.05, 3.63) is 85.1 Å². The average Bonchev–Trinajstić information content (AvgIpc) is 3.25. The van der Waals surface area contributed by atoms with E-state index in [9.17, 15) is 19.4 Å². The molecule has 0 aliphatic heterocycles. The second-order valence-corrected chi connectivity index (χ2v) is 19.9. The normalized spacial score (nSPS) is 14.8. The maximum Gasteiger partial charge on any atom is 0.268 e. The second-order valence-electron chi connectivity index (χ2n) is 18.5. The van der Waals surface area contributed by atoms with Crippen molar-refractivity contribution in [3.8, 4) is 0 Å². The number of nitrogens with zero attached hydrogens (tertiary/aromatic N) is 1. The molecule has 3 unspecified atom stereocenters. The zero-order valence-corrected chi connectivity index (χ0v) is 42.8. The van der Waals surface area contributed by atoms with Gasteiger partial charge in [-0.05, 0) is 70.6 Å². The van der Waals surface area contributed by atoms with Gasteiger partial charge in [-0.2, -0.15) is 0 Å². The molecule has 0 spiro atoms. The van der Waals surface area contributed by atoms with E-state index in [0.717, 1.165) is 89.9 Å². The van der Waals surface area contributed by atoms with Crippen molar-refractivity contribution in [3.63, 3.8) is 0 Å². The van der Waals surface area contributed by atoms with Crippen LogP contribution in [0.15, 0.2) is 85.1 Å². The van der Waals surface area contributed by atoms with Gasteiger partial charge in [0.25, 0.3) is 7.82 Å². The smallest absolute Gasteiger partial charge is 0.268 e. The molecule has 0 heterocycles. The summed E-state index contributed by atoms with van der Waals surface area (Å²) in [6, 6.07) is -0.906. The van der Waals surface area contributed by atoms with Gasteiger partial charge in [-0.25, -0.2) is 0 Å². The van der Waals surface area contributed by atoms with Gasteiger partial charge in [-0.1, -0.05) is 214 Å². The summed E-state index contributed by atoms with van der Waals surface area (Å²) in [7, 11) is 1.23. The van der Waals surface area contributed by atoms with E-state index in [1.807, 2.05) is 27.2 Å². The number of hydrogen-bond donors (Lipinski definition) is 2. The van der Waals surface area contributed by atoms with Gasteiger partial charge >= 0.3 is 0 Å². The molecule has 0 saturated carbocycles. The molecular formula is C55H99N2O6P. The Morgan fingerprint density at radius 1 is 0.562 bits per heavy atom. The third kappa shape index (κ3) is 47.6. The number of amides is 1. The van der Waals surface area contributed by atoms with E-state index in [2.05, 4.69) is 92.1 Å². The van der Waals surface area contributed by atoms with E-state index < -0.39 is 26.6 Å². The highest BCUT2D eigenvalue weighted by Crippen LogP contribution is 2.38. The summed E-state index contributed by atoms with van der Waals surface area (Å²) >= 11 is 0. The lowest BCUT2D eigenvalue weighted by Crippen LogP contribution is -2.45. The lowest BCUT2D eigenvalue weighted by Gasteiger charge is -2.29. The van der Waals surface area contributed by atoms with Crippen molar-refractivity contribution >= 4 is 13.7 Å². The number of rotatable bonds is 46. The van der Waals surface area contributed by atoms with Gasteiger partial charge in [-0.3, -0.25) is 9.36 Å². The van der Waals surface area contributed by atoms with Crippen LogP contribution in [0.3, 0.4) is 0 Å². The fourth-order valence-corrected chi connectivity index (χ4v) is 7.76. The monoisotopic (exact) mass is 915 g/mol. The minimum atomic E-state index is -4.61. The highest BCUT2D eigenvalue weighted by atomic mass is 31.2. The summed E-state index contributed by atoms with van der Waals surface area (Å²) in [4.78, 5) is 25.4. The standard InChI is InChI=1S/C55H99N2O6P/c1-6-8-10-12-14-16-18-20-22-24-26-27-28-29-31-33-35-37-39-41-43-45-47-49-55(59)56-53(52-63-64(60,61)62-51-50-57(3,4)5)54(58)48-46-44-42-40-38-36-34-32-30-25-23-21-19-17-15-13-11-9-7-2/h8,10,14,16,20,22,26-27,29,31,35,37,46,48,53-54,58H,6-7,9,11-13,15,17-19,21,23-25,28,30,32-34,36,38-45,47,49-52H2,1-5H3,(H-,56,59,60,61)/b10-8-,16-14-,22-20-,27-26-,31-29-,37-35-,48-46+. The minimum Gasteiger partial charge on any atom is -0.756 e. The lowest BCUT2D eigenvalue weighted by molar-refractivity contribution is -0.870. The number of aliphatic hydroxyl groups is 1. The lowest BCUT2D eigenvalue weighted by atomic mass is 10.0. The largest absolute Gasteiger partial charge is 0.756 e. The molecule has 370 valence electrons. The zero-order chi connectivity index (χ0) is 47.1. The van der Waals surface area contributed by atoms with Crippen molar-refractivity contribution in [1.29, 1.82) is 0 Å². The number of nitrogens with one attached hydrogen (secondary N) is 1. The van der Waals surface area contributed by atoms with Gasteiger partial charge in [0.1, 0.15) is 13.2 Å². The maximum absolute atomic E-state index is 12.9. The Hall–Kier alpha value is -2.32. The van der Waals surface area contributed by atoms with Gasteiger partial charge in [0.2, 0.25) is 5.91 Å². The van der Waals surface area contributed by atoms with Crippen LogP contribution in [0, 0.1) is 0 Å². The van der Waals surface area contributed by atoms with Crippen LogP contribution >= 0.6 is 7.82 Å². The molecule has 0 aromatic rings. The number of carbonyl (C=O) groups is 1. The van der Waals surface area contributed by atoms with Crippen LogP contribution in [0.2, 0.25) is 0 Å². The highest BCUT2D eigenvalue weighted by Gasteiger charge is 2.23. The molecule has 8 nitrogen and oxygen atoms in total. The highest BCUT2D eigenvalue weighted by molar-refractivity contribution is 7.45. The van der Waals surface area contributed by atoms with Gasteiger partial charge in [0.05, 0.1) is 39.9 Å². The summed E-state index contributed by atoms with van der Waals surface area (Å²) < 4.78 is 23.3. The topological polar surface area (TPSA) is 108 Å². The predicted molar refractivity (Wildman–Crippen MR) is 274 cm³/mol. The number of allylic oxidation sites excluding steroid dienone is 13. The van der Waals surface area contributed by atoms with Gasteiger partial charge in [0.15, 0.2) is 0 Å². The Bertz CT molecular complexity index is 1310. The fraction of sp³-hybridized carbons (Fsp3) is 0.727. The van der Waals surface area contributed by atoms with Crippen molar-refractivity contribution in [2.24, 2.45) is 0 Å². The van der Waals surface area contributed by atoms with Gasteiger partial charge in [-0.15, -0.1) is 0 Å². The van der Waals surface area contributed by atoms with E-state index in [0.29, 0.717) is 17.4 Å². The molecule has 0 rings (SSSR count). The first-order valence-corrected chi connectivity index (χ1v) is 27.4. The van der Waals surface area contributed by atoms with E-state index in [1.165, 1.54) is 96.3 Å². The number of carbonyl (C=O) groups excluding carboxylic acids is 1. The third-order valence-corrected chi connectivity index (χ3v) is 12.1. The molecule has 0 bridgehead atoms. The molecule has 1 amide bonds. The SMILES string of the molecule is CC/C=C\C/C=C\C/C=C\C/C=C\C/C=C\C/C=C\CCCCCCC(=O)NC(COP(=O)([O-])OCC[N+](C)(C)C)C(O)/C=C/CCCCCCCCCCCCCCCCCCC. The molecule has 64 heavy (non-hydrogen) atoms. The summed E-state index contributed by atoms with van der Waals surface area (Å²) in [5.74, 6) is -0.224. The molecule has 3 atom stereocenters. The van der Waals surface area contributed by atoms with Crippen molar-refractivity contribution in [1.82, 2.24) is 5.32 Å². The number of hydrogen-bond acceptors (Lipinski definition) is 6. The number of aliphatic hydroxyl groups excluding tert-OH is 1. The van der Waals surface area contributed by atoms with Crippen LogP contribution in [0.5, 0.6) is 0 Å². The number of phosphoric ester groups is 1. The first kappa shape index (κ1) is 61.7. The predicted octanol–water partition coefficient (Wildman–Crippen LogP) is 14.7. The Morgan fingerprint density at radius 3 is 1.39 bits per heavy atom. The number of quaternary nitrogens is 1. The number of unbranched alkanes of at least 4 members (excludes halogenated alkanes) is 21. The van der Waals surface area contributed by atoms with Crippen LogP contribution in [0.4, 0.5) is 0 Å². The summed E-state index contributed by atoms with van der Waals surface area (Å²) in [5.41, 5.74) is 0. The molecule has 0 saturated heterocycles. The van der Waals surface area contributed by atoms with E-state index in [-0.39, 0.29) is 12.5 Å². The van der Waals surface area contributed by atoms with Crippen LogP contribution < -0.4 is 10.2 Å². The minimum absolute atomic E-state index is 0.0107. The molecule has 2 N–H and O–H groups in total. The average molecular weight is 915 g/mol. The zero-order valence-electron chi connectivity index (χ0n) is 42.0. The van der Waals surface area contributed by atoms with Crippen LogP contribution in [-0.2, 0) is 18.4 Å². The molecule has 0 aromatic carbocycles. The molecule has 0 aliphatic carbocycles. The van der Waals surface area contributed by atoms with Gasteiger partial charge < -0.3 is 28.8 Å². The Labute approximate surface area is 395 Å². The second kappa shape index (κ2) is 45.8. The Balaban J connectivity index is 4.40. The molecule has 0 fully saturated rings. The van der Waals surface area contributed by atoms with E-state index in [1.54, 1.807) is 6.08 Å².